The highest BCUT2D eigenvalue weighted by Gasteiger charge is 2.13. The van der Waals surface area contributed by atoms with E-state index in [9.17, 15) is 8.78 Å². The summed E-state index contributed by atoms with van der Waals surface area (Å²) < 4.78 is 34.8. The lowest BCUT2D eigenvalue weighted by atomic mass is 10.0. The fraction of sp³-hybridized carbons (Fsp3) is 0.400. The normalized spacial score (nSPS) is 12.3. The van der Waals surface area contributed by atoms with Crippen LogP contribution >= 0.6 is 0 Å². The van der Waals surface area contributed by atoms with Gasteiger partial charge in [-0.25, -0.2) is 0 Å². The second-order valence-corrected chi connectivity index (χ2v) is 6.05. The van der Waals surface area contributed by atoms with E-state index >= 15 is 0 Å². The van der Waals surface area contributed by atoms with Crippen molar-refractivity contribution in [3.05, 3.63) is 58.7 Å². The van der Waals surface area contributed by atoms with E-state index in [0.29, 0.717) is 6.54 Å². The maximum Gasteiger partial charge on any atom is 0.387 e. The Morgan fingerprint density at radius 2 is 1.64 bits per heavy atom. The molecule has 25 heavy (non-hydrogen) atoms. The standard InChI is InChI=1S/C20H25F2NO2/c1-5-18(16-6-8-17(24-4)9-7-16)23-12-15-10-13(2)19(14(3)11-15)25-20(21)22/h6-11,18,20,23H,5,12H2,1-4H3. The van der Waals surface area contributed by atoms with Crippen molar-refractivity contribution in [3.8, 4) is 11.5 Å². The van der Waals surface area contributed by atoms with E-state index in [-0.39, 0.29) is 11.8 Å². The number of hydrogen-bond donors (Lipinski definition) is 1. The van der Waals surface area contributed by atoms with E-state index in [4.69, 9.17) is 4.74 Å². The maximum absolute atomic E-state index is 12.5. The highest BCUT2D eigenvalue weighted by atomic mass is 19.3. The summed E-state index contributed by atoms with van der Waals surface area (Å²) in [7, 11) is 1.65. The molecule has 3 nitrogen and oxygen atoms in total. The number of alkyl halides is 2. The number of nitrogens with one attached hydrogen (secondary N) is 1. The lowest BCUT2D eigenvalue weighted by Crippen LogP contribution is -2.20. The van der Waals surface area contributed by atoms with Crippen LogP contribution in [-0.4, -0.2) is 13.7 Å². The maximum atomic E-state index is 12.5. The fourth-order valence-electron chi connectivity index (χ4n) is 2.99. The number of aryl methyl sites for hydroxylation is 2. The minimum absolute atomic E-state index is 0.212. The Morgan fingerprint density at radius 1 is 1.04 bits per heavy atom. The second-order valence-electron chi connectivity index (χ2n) is 6.05. The van der Waals surface area contributed by atoms with Crippen LogP contribution in [0.3, 0.4) is 0 Å². The van der Waals surface area contributed by atoms with Crippen molar-refractivity contribution in [2.75, 3.05) is 7.11 Å². The van der Waals surface area contributed by atoms with Crippen molar-refractivity contribution in [1.29, 1.82) is 0 Å². The van der Waals surface area contributed by atoms with Gasteiger partial charge in [-0.2, -0.15) is 8.78 Å². The Labute approximate surface area is 148 Å². The van der Waals surface area contributed by atoms with Crippen molar-refractivity contribution in [2.45, 2.75) is 46.4 Å². The van der Waals surface area contributed by atoms with Gasteiger partial charge in [0.15, 0.2) is 0 Å². The minimum Gasteiger partial charge on any atom is -0.497 e. The largest absolute Gasteiger partial charge is 0.497 e. The first-order valence-electron chi connectivity index (χ1n) is 8.36. The number of methoxy groups -OCH3 is 1. The third-order valence-electron chi connectivity index (χ3n) is 4.21. The van der Waals surface area contributed by atoms with Crippen LogP contribution in [0.4, 0.5) is 8.78 Å². The Hall–Kier alpha value is -2.14. The van der Waals surface area contributed by atoms with E-state index in [1.165, 1.54) is 5.56 Å². The second kappa shape index (κ2) is 8.81. The fourth-order valence-corrected chi connectivity index (χ4v) is 2.99. The topological polar surface area (TPSA) is 30.5 Å². The van der Waals surface area contributed by atoms with Crippen LogP contribution in [0.25, 0.3) is 0 Å². The molecule has 0 spiro atoms. The molecule has 0 radical (unpaired) electrons. The van der Waals surface area contributed by atoms with E-state index in [1.807, 2.05) is 24.3 Å². The highest BCUT2D eigenvalue weighted by Crippen LogP contribution is 2.27. The SMILES string of the molecule is CCC(NCc1cc(C)c(OC(F)F)c(C)c1)c1ccc(OC)cc1. The zero-order valence-electron chi connectivity index (χ0n) is 15.1. The minimum atomic E-state index is -2.80. The average Bonchev–Trinajstić information content (AvgIpc) is 2.59. The molecular formula is C20H25F2NO2. The van der Waals surface area contributed by atoms with Gasteiger partial charge in [0.1, 0.15) is 11.5 Å². The molecule has 5 heteroatoms. The molecule has 0 saturated heterocycles. The molecular weight excluding hydrogens is 324 g/mol. The Balaban J connectivity index is 2.08. The van der Waals surface area contributed by atoms with Crippen molar-refractivity contribution < 1.29 is 18.3 Å². The smallest absolute Gasteiger partial charge is 0.387 e. The number of benzene rings is 2. The summed E-state index contributed by atoms with van der Waals surface area (Å²) in [6.07, 6.45) is 0.941. The summed E-state index contributed by atoms with van der Waals surface area (Å²) in [5, 5.41) is 3.52. The Morgan fingerprint density at radius 3 is 2.12 bits per heavy atom. The van der Waals surface area contributed by atoms with Gasteiger partial charge >= 0.3 is 6.61 Å². The number of hydrogen-bond acceptors (Lipinski definition) is 3. The van der Waals surface area contributed by atoms with Crippen LogP contribution < -0.4 is 14.8 Å². The molecule has 0 aliphatic heterocycles. The summed E-state index contributed by atoms with van der Waals surface area (Å²) in [6.45, 7) is 3.55. The van der Waals surface area contributed by atoms with Crippen LogP contribution in [0.15, 0.2) is 36.4 Å². The summed E-state index contributed by atoms with van der Waals surface area (Å²) >= 11 is 0. The number of ether oxygens (including phenoxy) is 2. The van der Waals surface area contributed by atoms with Gasteiger partial charge in [-0.15, -0.1) is 0 Å². The molecule has 0 heterocycles. The zero-order chi connectivity index (χ0) is 18.4. The lowest BCUT2D eigenvalue weighted by molar-refractivity contribution is -0.0507. The van der Waals surface area contributed by atoms with Crippen LogP contribution in [0, 0.1) is 13.8 Å². The van der Waals surface area contributed by atoms with Crippen molar-refractivity contribution >= 4 is 0 Å². The molecule has 0 bridgehead atoms. The van der Waals surface area contributed by atoms with Crippen molar-refractivity contribution in [2.24, 2.45) is 0 Å². The monoisotopic (exact) mass is 349 g/mol. The first-order chi connectivity index (χ1) is 11.9. The van der Waals surface area contributed by atoms with Crippen molar-refractivity contribution in [3.63, 3.8) is 0 Å². The van der Waals surface area contributed by atoms with E-state index in [1.54, 1.807) is 21.0 Å². The van der Waals surface area contributed by atoms with E-state index < -0.39 is 6.61 Å². The van der Waals surface area contributed by atoms with Gasteiger partial charge in [0.05, 0.1) is 7.11 Å². The number of rotatable bonds is 8. The molecule has 1 unspecified atom stereocenters. The Kier molecular flexibility index (Phi) is 6.76. The molecule has 1 N–H and O–H groups in total. The summed E-state index contributed by atoms with van der Waals surface area (Å²) in [5.41, 5.74) is 3.67. The molecule has 2 rings (SSSR count). The van der Waals surface area contributed by atoms with Crippen LogP contribution in [-0.2, 0) is 6.54 Å². The first kappa shape index (κ1) is 19.2. The summed E-state index contributed by atoms with van der Waals surface area (Å²) in [6, 6.07) is 12.0. The Bertz CT molecular complexity index is 664. The molecule has 0 fully saturated rings. The average molecular weight is 349 g/mol. The van der Waals surface area contributed by atoms with Gasteiger partial charge < -0.3 is 14.8 Å². The van der Waals surface area contributed by atoms with Gasteiger partial charge in [-0.1, -0.05) is 31.2 Å². The van der Waals surface area contributed by atoms with Gasteiger partial charge in [0, 0.05) is 12.6 Å². The quantitative estimate of drug-likeness (QED) is 0.714. The molecule has 0 amide bonds. The van der Waals surface area contributed by atoms with Gasteiger partial charge in [0.25, 0.3) is 0 Å². The van der Waals surface area contributed by atoms with E-state index in [0.717, 1.165) is 28.9 Å². The molecule has 1 atom stereocenters. The highest BCUT2D eigenvalue weighted by molar-refractivity contribution is 5.43. The van der Waals surface area contributed by atoms with E-state index in [2.05, 4.69) is 29.1 Å². The molecule has 0 aliphatic rings. The number of halogens is 2. The van der Waals surface area contributed by atoms with Crippen LogP contribution in [0.2, 0.25) is 0 Å². The predicted octanol–water partition coefficient (Wildman–Crippen LogP) is 5.15. The van der Waals surface area contributed by atoms with Gasteiger partial charge in [0.2, 0.25) is 0 Å². The third kappa shape index (κ3) is 5.16. The summed E-state index contributed by atoms with van der Waals surface area (Å²) in [4.78, 5) is 0. The van der Waals surface area contributed by atoms with Crippen LogP contribution in [0.5, 0.6) is 11.5 Å². The zero-order valence-corrected chi connectivity index (χ0v) is 15.1. The molecule has 0 aromatic heterocycles. The predicted molar refractivity (Wildman–Crippen MR) is 95.4 cm³/mol. The molecule has 2 aromatic rings. The molecule has 0 saturated carbocycles. The third-order valence-corrected chi connectivity index (χ3v) is 4.21. The van der Waals surface area contributed by atoms with Gasteiger partial charge in [-0.05, 0) is 54.7 Å². The van der Waals surface area contributed by atoms with Crippen molar-refractivity contribution in [1.82, 2.24) is 5.32 Å². The first-order valence-corrected chi connectivity index (χ1v) is 8.36. The van der Waals surface area contributed by atoms with Crippen LogP contribution in [0.1, 0.15) is 41.6 Å². The molecule has 0 aliphatic carbocycles. The lowest BCUT2D eigenvalue weighted by Gasteiger charge is -2.19. The molecule has 136 valence electrons. The van der Waals surface area contributed by atoms with Gasteiger partial charge in [-0.3, -0.25) is 0 Å². The molecule has 2 aromatic carbocycles. The summed E-state index contributed by atoms with van der Waals surface area (Å²) in [5.74, 6) is 1.10.